The minimum atomic E-state index is 0.259. The third-order valence-corrected chi connectivity index (χ3v) is 6.22. The first kappa shape index (κ1) is 24.2. The summed E-state index contributed by atoms with van der Waals surface area (Å²) in [6.07, 6.45) is 2.54. The molecule has 0 N–H and O–H groups in total. The number of benzene rings is 1. The molecule has 2 heterocycles. The first-order valence-electron chi connectivity index (χ1n) is 11.9. The van der Waals surface area contributed by atoms with Gasteiger partial charge >= 0.3 is 0 Å². The van der Waals surface area contributed by atoms with Gasteiger partial charge in [-0.2, -0.15) is 0 Å². The Kier molecular flexibility index (Phi) is 7.58. The number of aromatic nitrogens is 2. The maximum absolute atomic E-state index is 12.9. The topological polar surface area (TPSA) is 49.3 Å². The molecule has 0 unspecified atom stereocenters. The summed E-state index contributed by atoms with van der Waals surface area (Å²) in [4.78, 5) is 26.7. The van der Waals surface area contributed by atoms with Crippen molar-refractivity contribution >= 4 is 11.7 Å². The quantitative estimate of drug-likeness (QED) is 0.632. The molecule has 0 aliphatic carbocycles. The van der Waals surface area contributed by atoms with E-state index in [1.54, 1.807) is 0 Å². The summed E-state index contributed by atoms with van der Waals surface area (Å²) in [5.74, 6) is 2.54. The van der Waals surface area contributed by atoms with Crippen LogP contribution >= 0.6 is 0 Å². The Bertz CT molecular complexity index is 922. The predicted octanol–water partition coefficient (Wildman–Crippen LogP) is 5.10. The van der Waals surface area contributed by atoms with Crippen molar-refractivity contribution in [3.05, 3.63) is 52.5 Å². The van der Waals surface area contributed by atoms with Crippen LogP contribution in [0, 0.1) is 32.1 Å². The molecular formula is C27H40N4O. The van der Waals surface area contributed by atoms with E-state index in [0.717, 1.165) is 56.4 Å². The van der Waals surface area contributed by atoms with Gasteiger partial charge in [-0.05, 0) is 44.1 Å². The van der Waals surface area contributed by atoms with Crippen LogP contribution in [0.3, 0.4) is 0 Å². The van der Waals surface area contributed by atoms with Crippen molar-refractivity contribution in [2.45, 2.75) is 67.7 Å². The molecule has 0 spiro atoms. The summed E-state index contributed by atoms with van der Waals surface area (Å²) in [5.41, 5.74) is 5.03. The first-order valence-corrected chi connectivity index (χ1v) is 11.9. The summed E-state index contributed by atoms with van der Waals surface area (Å²) in [6, 6.07) is 8.69. The third-order valence-electron chi connectivity index (χ3n) is 6.22. The number of piperazine rings is 1. The van der Waals surface area contributed by atoms with Crippen molar-refractivity contribution in [3.8, 4) is 0 Å². The predicted molar refractivity (Wildman–Crippen MR) is 132 cm³/mol. The molecule has 1 atom stereocenters. The van der Waals surface area contributed by atoms with E-state index in [-0.39, 0.29) is 11.3 Å². The molecule has 1 aliphatic rings. The van der Waals surface area contributed by atoms with Crippen LogP contribution in [0.1, 0.15) is 68.7 Å². The normalized spacial score (nSPS) is 15.7. The Morgan fingerprint density at radius 1 is 1.00 bits per heavy atom. The number of anilines is 1. The van der Waals surface area contributed by atoms with Crippen LogP contribution < -0.4 is 4.90 Å². The number of hydrogen-bond acceptors (Lipinski definition) is 4. The Morgan fingerprint density at radius 3 is 2.22 bits per heavy atom. The van der Waals surface area contributed by atoms with Crippen LogP contribution in [-0.2, 0) is 11.2 Å². The molecule has 1 amide bonds. The van der Waals surface area contributed by atoms with Crippen LogP contribution in [0.2, 0.25) is 0 Å². The molecule has 5 heteroatoms. The Hall–Kier alpha value is -2.43. The summed E-state index contributed by atoms with van der Waals surface area (Å²) in [6.45, 7) is 18.2. The van der Waals surface area contributed by atoms with Crippen LogP contribution in [0.4, 0.5) is 5.82 Å². The van der Waals surface area contributed by atoms with E-state index >= 15 is 0 Å². The Labute approximate surface area is 194 Å². The smallest absolute Gasteiger partial charge is 0.222 e. The molecule has 1 aromatic heterocycles. The van der Waals surface area contributed by atoms with E-state index in [0.29, 0.717) is 12.3 Å². The van der Waals surface area contributed by atoms with Crippen molar-refractivity contribution in [1.29, 1.82) is 0 Å². The van der Waals surface area contributed by atoms with Crippen molar-refractivity contribution in [3.63, 3.8) is 0 Å². The summed E-state index contributed by atoms with van der Waals surface area (Å²) in [5, 5.41) is 0. The van der Waals surface area contributed by atoms with Crippen LogP contribution in [0.5, 0.6) is 0 Å². The maximum Gasteiger partial charge on any atom is 0.222 e. The number of amides is 1. The summed E-state index contributed by atoms with van der Waals surface area (Å²) < 4.78 is 0. The van der Waals surface area contributed by atoms with Gasteiger partial charge in [0.2, 0.25) is 5.91 Å². The van der Waals surface area contributed by atoms with Gasteiger partial charge in [0.15, 0.2) is 0 Å². The zero-order valence-electron chi connectivity index (χ0n) is 21.0. The van der Waals surface area contributed by atoms with Crippen LogP contribution in [0.15, 0.2) is 24.3 Å². The largest absolute Gasteiger partial charge is 0.353 e. The molecule has 1 saturated heterocycles. The van der Waals surface area contributed by atoms with Gasteiger partial charge in [-0.1, -0.05) is 57.5 Å². The van der Waals surface area contributed by atoms with Gasteiger partial charge in [0.25, 0.3) is 0 Å². The first-order chi connectivity index (χ1) is 15.0. The molecule has 174 valence electrons. The fourth-order valence-electron chi connectivity index (χ4n) is 4.81. The number of nitrogens with zero attached hydrogens (tertiary/aromatic N) is 4. The van der Waals surface area contributed by atoms with Crippen molar-refractivity contribution in [2.24, 2.45) is 11.3 Å². The second-order valence-electron chi connectivity index (χ2n) is 10.8. The lowest BCUT2D eigenvalue weighted by molar-refractivity contribution is -0.132. The zero-order valence-corrected chi connectivity index (χ0v) is 21.0. The average molecular weight is 437 g/mol. The van der Waals surface area contributed by atoms with E-state index in [9.17, 15) is 4.79 Å². The van der Waals surface area contributed by atoms with Crippen molar-refractivity contribution in [1.82, 2.24) is 14.9 Å². The Morgan fingerprint density at radius 2 is 1.62 bits per heavy atom. The van der Waals surface area contributed by atoms with E-state index < -0.39 is 0 Å². The second kappa shape index (κ2) is 10.0. The summed E-state index contributed by atoms with van der Waals surface area (Å²) >= 11 is 0. The highest BCUT2D eigenvalue weighted by Crippen LogP contribution is 2.28. The molecule has 0 radical (unpaired) electrons. The van der Waals surface area contributed by atoms with Crippen molar-refractivity contribution in [2.75, 3.05) is 31.1 Å². The van der Waals surface area contributed by atoms with Gasteiger partial charge in [-0.15, -0.1) is 0 Å². The Balaban J connectivity index is 1.68. The molecule has 1 aromatic carbocycles. The highest BCUT2D eigenvalue weighted by molar-refractivity contribution is 5.76. The third kappa shape index (κ3) is 6.54. The number of aryl methyl sites for hydroxylation is 3. The lowest BCUT2D eigenvalue weighted by atomic mass is 9.84. The minimum Gasteiger partial charge on any atom is -0.353 e. The lowest BCUT2D eigenvalue weighted by Crippen LogP contribution is -2.49. The SMILES string of the molecule is Cc1ccc(Cc2c(C)nc(C)nc2N2CCN(C(=O)C[C@@H](C)CC(C)(C)C)CC2)cc1. The number of carbonyl (C=O) groups excluding carboxylic acids is 1. The monoisotopic (exact) mass is 436 g/mol. The second-order valence-corrected chi connectivity index (χ2v) is 10.8. The maximum atomic E-state index is 12.9. The highest BCUT2D eigenvalue weighted by Gasteiger charge is 2.26. The summed E-state index contributed by atoms with van der Waals surface area (Å²) in [7, 11) is 0. The highest BCUT2D eigenvalue weighted by atomic mass is 16.2. The lowest BCUT2D eigenvalue weighted by Gasteiger charge is -2.37. The van der Waals surface area contributed by atoms with Crippen molar-refractivity contribution < 1.29 is 4.79 Å². The molecular weight excluding hydrogens is 396 g/mol. The average Bonchev–Trinajstić information content (AvgIpc) is 2.70. The number of carbonyl (C=O) groups is 1. The molecule has 5 nitrogen and oxygen atoms in total. The van der Waals surface area contributed by atoms with Crippen LogP contribution in [0.25, 0.3) is 0 Å². The molecule has 32 heavy (non-hydrogen) atoms. The number of hydrogen-bond donors (Lipinski definition) is 0. The zero-order chi connectivity index (χ0) is 23.5. The standard InChI is InChI=1S/C27H40N4O/c1-19-8-10-23(11-9-19)17-24-21(3)28-22(4)29-26(24)31-14-12-30(13-15-31)25(32)16-20(2)18-27(5,6)7/h8-11,20H,12-18H2,1-7H3/t20-/m1/s1. The minimum absolute atomic E-state index is 0.259. The molecule has 2 aromatic rings. The van der Waals surface area contributed by atoms with E-state index in [1.807, 2.05) is 11.8 Å². The van der Waals surface area contributed by atoms with Crippen LogP contribution in [-0.4, -0.2) is 47.0 Å². The molecule has 3 rings (SSSR count). The molecule has 1 fully saturated rings. The van der Waals surface area contributed by atoms with E-state index in [1.165, 1.54) is 16.7 Å². The fourth-order valence-corrected chi connectivity index (χ4v) is 4.81. The van der Waals surface area contributed by atoms with E-state index in [2.05, 4.69) is 75.7 Å². The van der Waals surface area contributed by atoms with Gasteiger partial charge in [0.05, 0.1) is 0 Å². The molecule has 0 saturated carbocycles. The fraction of sp³-hybridized carbons (Fsp3) is 0.593. The molecule has 1 aliphatic heterocycles. The van der Waals surface area contributed by atoms with Gasteiger partial charge in [-0.3, -0.25) is 4.79 Å². The van der Waals surface area contributed by atoms with Gasteiger partial charge in [-0.25, -0.2) is 9.97 Å². The number of rotatable bonds is 6. The van der Waals surface area contributed by atoms with E-state index in [4.69, 9.17) is 4.98 Å². The van der Waals surface area contributed by atoms with Gasteiger partial charge in [0.1, 0.15) is 11.6 Å². The van der Waals surface area contributed by atoms with Gasteiger partial charge in [0, 0.05) is 50.3 Å². The molecule has 0 bridgehead atoms. The van der Waals surface area contributed by atoms with Gasteiger partial charge < -0.3 is 9.80 Å².